The van der Waals surface area contributed by atoms with Gasteiger partial charge in [-0.2, -0.15) is 4.98 Å². The summed E-state index contributed by atoms with van der Waals surface area (Å²) in [6, 6.07) is 1.49. The lowest BCUT2D eigenvalue weighted by Crippen LogP contribution is -2.39. The molecule has 0 radical (unpaired) electrons. The Bertz CT molecular complexity index is 1080. The monoisotopic (exact) mass is 474 g/mol. The Kier molecular flexibility index (Phi) is 6.62. The van der Waals surface area contributed by atoms with Crippen LogP contribution < -0.4 is 11.3 Å². The third-order valence-corrected chi connectivity index (χ3v) is 8.36. The van der Waals surface area contributed by atoms with Crippen molar-refractivity contribution in [2.24, 2.45) is 0 Å². The van der Waals surface area contributed by atoms with E-state index in [-0.39, 0.29) is 36.2 Å². The van der Waals surface area contributed by atoms with Crippen molar-refractivity contribution in [2.45, 2.75) is 82.4 Å². The number of aliphatic hydroxyl groups is 3. The largest absolute Gasteiger partial charge is 0.388 e. The van der Waals surface area contributed by atoms with Crippen LogP contribution in [0, 0.1) is 0 Å². The number of rotatable bonds is 8. The molecular weight excluding hydrogens is 443 g/mol. The predicted octanol–water partition coefficient (Wildman–Crippen LogP) is 0.805. The molecule has 0 bridgehead atoms. The number of nitrogens with one attached hydrogen (secondary N) is 1. The van der Waals surface area contributed by atoms with E-state index in [9.17, 15) is 29.6 Å². The van der Waals surface area contributed by atoms with E-state index < -0.39 is 48.6 Å². The van der Waals surface area contributed by atoms with Crippen molar-refractivity contribution in [1.29, 1.82) is 0 Å². The quantitative estimate of drug-likeness (QED) is 0.298. The van der Waals surface area contributed by atoms with Gasteiger partial charge in [-0.15, -0.1) is 0 Å². The van der Waals surface area contributed by atoms with Crippen LogP contribution >= 0.6 is 7.60 Å². The first kappa shape index (κ1) is 24.8. The summed E-state index contributed by atoms with van der Waals surface area (Å²) in [6.07, 6.45) is -3.32. The first-order chi connectivity index (χ1) is 14.7. The Morgan fingerprint density at radius 3 is 2.53 bits per heavy atom. The number of aliphatic hydroxyl groups excluding tert-OH is 2. The van der Waals surface area contributed by atoms with Gasteiger partial charge in [0.05, 0.1) is 17.1 Å². The van der Waals surface area contributed by atoms with Gasteiger partial charge >= 0.3 is 7.60 Å². The lowest BCUT2D eigenvalue weighted by atomic mass is 9.97. The molecule has 3 heterocycles. The molecule has 1 aliphatic heterocycles. The molecule has 1 unspecified atom stereocenters. The van der Waals surface area contributed by atoms with Crippen LogP contribution in [0.3, 0.4) is 0 Å². The summed E-state index contributed by atoms with van der Waals surface area (Å²) in [5.74, 6) is -0.111. The van der Waals surface area contributed by atoms with Crippen molar-refractivity contribution >= 4 is 24.6 Å². The maximum absolute atomic E-state index is 12.8. The van der Waals surface area contributed by atoms with E-state index >= 15 is 0 Å². The third kappa shape index (κ3) is 4.36. The number of ether oxygens (including phenoxy) is 1. The number of hydrogen-bond donors (Lipinski definition) is 6. The number of nitrogen functional groups attached to an aromatic ring is 1. The molecule has 180 valence electrons. The van der Waals surface area contributed by atoms with Crippen LogP contribution in [0.4, 0.5) is 5.95 Å². The van der Waals surface area contributed by atoms with Crippen LogP contribution in [0.15, 0.2) is 17.1 Å². The average molecular weight is 474 g/mol. The van der Waals surface area contributed by atoms with Crippen molar-refractivity contribution in [2.75, 3.05) is 5.73 Å². The molecule has 1 saturated heterocycles. The second kappa shape index (κ2) is 8.53. The number of H-pyrrole nitrogens is 1. The van der Waals surface area contributed by atoms with E-state index in [0.29, 0.717) is 0 Å². The Labute approximate surface area is 184 Å². The number of fused-ring (bicyclic) bond motifs is 1. The number of aromatic nitrogens is 3. The van der Waals surface area contributed by atoms with Crippen molar-refractivity contribution < 1.29 is 34.0 Å². The average Bonchev–Trinajstić information content (AvgIpc) is 3.22. The molecule has 12 nitrogen and oxygen atoms in total. The van der Waals surface area contributed by atoms with Gasteiger partial charge in [-0.05, 0) is 32.8 Å². The van der Waals surface area contributed by atoms with Gasteiger partial charge < -0.3 is 39.8 Å². The maximum atomic E-state index is 12.8. The fourth-order valence-corrected chi connectivity index (χ4v) is 5.70. The molecule has 2 aromatic heterocycles. The van der Waals surface area contributed by atoms with Gasteiger partial charge in [-0.3, -0.25) is 14.3 Å². The van der Waals surface area contributed by atoms with Crippen LogP contribution in [0.2, 0.25) is 0 Å². The van der Waals surface area contributed by atoms with Crippen LogP contribution in [-0.2, 0) is 13.8 Å². The first-order valence-corrected chi connectivity index (χ1v) is 12.0. The van der Waals surface area contributed by atoms with Crippen LogP contribution in [0.1, 0.15) is 53.2 Å². The van der Waals surface area contributed by atoms with E-state index in [1.54, 1.807) is 13.8 Å². The van der Waals surface area contributed by atoms with Gasteiger partial charge in [0.25, 0.3) is 5.56 Å². The Morgan fingerprint density at radius 1 is 1.31 bits per heavy atom. The molecule has 13 heteroatoms. The Morgan fingerprint density at radius 2 is 1.94 bits per heavy atom. The summed E-state index contributed by atoms with van der Waals surface area (Å²) in [4.78, 5) is 28.9. The van der Waals surface area contributed by atoms with Crippen LogP contribution in [-0.4, -0.2) is 64.0 Å². The van der Waals surface area contributed by atoms with Gasteiger partial charge in [0, 0.05) is 12.6 Å². The Balaban J connectivity index is 1.83. The fraction of sp³-hybridized carbons (Fsp3) is 0.684. The number of nitrogens with two attached hydrogens (primary N) is 1. The molecule has 3 rings (SSSR count). The predicted molar refractivity (Wildman–Crippen MR) is 116 cm³/mol. The molecular formula is C19H31N4O8P. The number of hydrogen-bond acceptors (Lipinski definition) is 9. The SMILES string of the molecule is CCC(O)(CC)P(=O)(O)OC(C)(C)C[C@H]1O[C@@H](n2ccc3c(=O)[nH]c(N)nc32)[C@H](O)[C@@H]1O. The van der Waals surface area contributed by atoms with E-state index in [1.807, 2.05) is 0 Å². The molecule has 2 aromatic rings. The smallest absolute Gasteiger partial charge is 0.359 e. The molecule has 0 spiro atoms. The molecule has 32 heavy (non-hydrogen) atoms. The van der Waals surface area contributed by atoms with Crippen molar-refractivity contribution in [1.82, 2.24) is 14.5 Å². The molecule has 1 aliphatic rings. The van der Waals surface area contributed by atoms with E-state index in [0.717, 1.165) is 0 Å². The molecule has 0 amide bonds. The highest BCUT2D eigenvalue weighted by molar-refractivity contribution is 7.54. The summed E-state index contributed by atoms with van der Waals surface area (Å²) in [5.41, 5.74) is 4.05. The standard InChI is InChI=1S/C19H31N4O8P/c1-5-19(27,6-2)32(28,29)31-18(3,4)9-11-12(24)13(25)16(30-11)23-8-7-10-14(23)21-17(20)22-15(10)26/h7-8,11-13,16,24-25,27H,5-6,9H2,1-4H3,(H,28,29)(H3,20,21,22,26)/t11-,12-,13-,16-/m1/s1. The minimum atomic E-state index is -4.45. The zero-order chi connectivity index (χ0) is 24.1. The zero-order valence-electron chi connectivity index (χ0n) is 18.4. The molecule has 0 saturated carbocycles. The van der Waals surface area contributed by atoms with Gasteiger partial charge in [0.2, 0.25) is 5.95 Å². The highest BCUT2D eigenvalue weighted by Crippen LogP contribution is 2.60. The van der Waals surface area contributed by atoms with E-state index in [1.165, 1.54) is 30.7 Å². The topological polar surface area (TPSA) is 193 Å². The minimum Gasteiger partial charge on any atom is -0.388 e. The third-order valence-electron chi connectivity index (χ3n) is 5.93. The summed E-state index contributed by atoms with van der Waals surface area (Å²) >= 11 is 0. The molecule has 5 atom stereocenters. The van der Waals surface area contributed by atoms with Crippen molar-refractivity contribution in [3.63, 3.8) is 0 Å². The zero-order valence-corrected chi connectivity index (χ0v) is 19.3. The molecule has 7 N–H and O–H groups in total. The summed E-state index contributed by atoms with van der Waals surface area (Å²) in [5, 5.41) is 30.0. The summed E-state index contributed by atoms with van der Waals surface area (Å²) in [7, 11) is -4.45. The first-order valence-electron chi connectivity index (χ1n) is 10.4. The highest BCUT2D eigenvalue weighted by atomic mass is 31.2. The van der Waals surface area contributed by atoms with Crippen LogP contribution in [0.25, 0.3) is 11.0 Å². The number of anilines is 1. The molecule has 0 aliphatic carbocycles. The van der Waals surface area contributed by atoms with E-state index in [2.05, 4.69) is 9.97 Å². The van der Waals surface area contributed by atoms with Gasteiger partial charge in [0.1, 0.15) is 12.2 Å². The van der Waals surface area contributed by atoms with Crippen molar-refractivity contribution in [3.8, 4) is 0 Å². The second-order valence-electron chi connectivity index (χ2n) is 8.72. The van der Waals surface area contributed by atoms with Gasteiger partial charge in [-0.25, -0.2) is 0 Å². The van der Waals surface area contributed by atoms with Crippen molar-refractivity contribution in [3.05, 3.63) is 22.6 Å². The molecule has 0 aromatic carbocycles. The summed E-state index contributed by atoms with van der Waals surface area (Å²) < 4.78 is 25.5. The fourth-order valence-electron chi connectivity index (χ4n) is 3.98. The van der Waals surface area contributed by atoms with Crippen LogP contribution in [0.5, 0.6) is 0 Å². The van der Waals surface area contributed by atoms with E-state index in [4.69, 9.17) is 15.0 Å². The number of nitrogens with zero attached hydrogens (tertiary/aromatic N) is 2. The lowest BCUT2D eigenvalue weighted by molar-refractivity contribution is -0.0640. The second-order valence-corrected chi connectivity index (χ2v) is 10.8. The summed E-state index contributed by atoms with van der Waals surface area (Å²) in [6.45, 7) is 6.23. The normalized spacial score (nSPS) is 26.5. The minimum absolute atomic E-state index is 0.0205. The molecule has 1 fully saturated rings. The Hall–Kier alpha value is -1.79. The van der Waals surface area contributed by atoms with Gasteiger partial charge in [0.15, 0.2) is 17.2 Å². The maximum Gasteiger partial charge on any atom is 0.359 e. The number of aromatic amines is 1. The van der Waals surface area contributed by atoms with Gasteiger partial charge in [-0.1, -0.05) is 13.8 Å². The highest BCUT2D eigenvalue weighted by Gasteiger charge is 2.51. The lowest BCUT2D eigenvalue weighted by Gasteiger charge is -2.37.